The lowest BCUT2D eigenvalue weighted by molar-refractivity contribution is -0.121. The summed E-state index contributed by atoms with van der Waals surface area (Å²) in [6.07, 6.45) is 0.808. The van der Waals surface area contributed by atoms with E-state index in [-0.39, 0.29) is 17.2 Å². The zero-order valence-electron chi connectivity index (χ0n) is 13.4. The lowest BCUT2D eigenvalue weighted by atomic mass is 10.1. The Bertz CT molecular complexity index is 659. The SMILES string of the molecule is CCOc1ccc([C@@H](C)NC(=O)[C@H]2Cc3ccccc3S2)cc1. The van der Waals surface area contributed by atoms with Crippen LogP contribution < -0.4 is 10.1 Å². The molecule has 0 unspecified atom stereocenters. The van der Waals surface area contributed by atoms with Gasteiger partial charge in [0.1, 0.15) is 5.75 Å². The van der Waals surface area contributed by atoms with Gasteiger partial charge in [-0.2, -0.15) is 0 Å². The predicted molar refractivity (Wildman–Crippen MR) is 94.0 cm³/mol. The summed E-state index contributed by atoms with van der Waals surface area (Å²) in [5.74, 6) is 0.962. The number of carbonyl (C=O) groups excluding carboxylic acids is 1. The number of fused-ring (bicyclic) bond motifs is 1. The van der Waals surface area contributed by atoms with Crippen LogP contribution in [0.1, 0.15) is 31.0 Å². The molecule has 0 fully saturated rings. The Hall–Kier alpha value is -1.94. The molecule has 3 rings (SSSR count). The van der Waals surface area contributed by atoms with Crippen molar-refractivity contribution in [2.75, 3.05) is 6.61 Å². The normalized spacial score (nSPS) is 17.4. The first kappa shape index (κ1) is 15.9. The molecule has 3 nitrogen and oxygen atoms in total. The van der Waals surface area contributed by atoms with Gasteiger partial charge in [0.2, 0.25) is 5.91 Å². The van der Waals surface area contributed by atoms with Crippen molar-refractivity contribution in [2.24, 2.45) is 0 Å². The molecule has 0 saturated heterocycles. The number of carbonyl (C=O) groups is 1. The molecule has 0 spiro atoms. The largest absolute Gasteiger partial charge is 0.494 e. The molecule has 1 aliphatic heterocycles. The highest BCUT2D eigenvalue weighted by molar-refractivity contribution is 8.01. The maximum absolute atomic E-state index is 12.5. The van der Waals surface area contributed by atoms with Gasteiger partial charge in [0.15, 0.2) is 0 Å². The lowest BCUT2D eigenvalue weighted by Crippen LogP contribution is -2.34. The number of nitrogens with one attached hydrogen (secondary N) is 1. The molecule has 0 saturated carbocycles. The summed E-state index contributed by atoms with van der Waals surface area (Å²) in [5, 5.41) is 3.09. The predicted octanol–water partition coefficient (Wildman–Crippen LogP) is 3.98. The van der Waals surface area contributed by atoms with E-state index in [2.05, 4.69) is 17.4 Å². The van der Waals surface area contributed by atoms with Crippen LogP contribution in [0.15, 0.2) is 53.4 Å². The Balaban J connectivity index is 1.60. The molecular weight excluding hydrogens is 306 g/mol. The van der Waals surface area contributed by atoms with E-state index in [1.165, 1.54) is 10.5 Å². The molecule has 1 amide bonds. The standard InChI is InChI=1S/C19H21NO2S/c1-3-22-16-10-8-14(9-11-16)13(2)20-19(21)18-12-15-6-4-5-7-17(15)23-18/h4-11,13,18H,3,12H2,1-2H3,(H,20,21)/t13-,18-/m1/s1. The lowest BCUT2D eigenvalue weighted by Gasteiger charge is -2.17. The van der Waals surface area contributed by atoms with Crippen molar-refractivity contribution >= 4 is 17.7 Å². The first-order chi connectivity index (χ1) is 11.2. The van der Waals surface area contributed by atoms with Crippen LogP contribution in [0.2, 0.25) is 0 Å². The average Bonchev–Trinajstić information content (AvgIpc) is 3.00. The second-order valence-electron chi connectivity index (χ2n) is 5.65. The number of ether oxygens (including phenoxy) is 1. The molecule has 0 radical (unpaired) electrons. The van der Waals surface area contributed by atoms with E-state index < -0.39 is 0 Å². The van der Waals surface area contributed by atoms with Gasteiger partial charge in [0.05, 0.1) is 17.9 Å². The van der Waals surface area contributed by atoms with Crippen LogP contribution in [-0.4, -0.2) is 17.8 Å². The summed E-state index contributed by atoms with van der Waals surface area (Å²) in [7, 11) is 0. The monoisotopic (exact) mass is 327 g/mol. The van der Waals surface area contributed by atoms with E-state index in [0.29, 0.717) is 6.61 Å². The van der Waals surface area contributed by atoms with E-state index in [0.717, 1.165) is 17.7 Å². The maximum Gasteiger partial charge on any atom is 0.234 e. The summed E-state index contributed by atoms with van der Waals surface area (Å²) in [6.45, 7) is 4.64. The van der Waals surface area contributed by atoms with Gasteiger partial charge in [-0.25, -0.2) is 0 Å². The third kappa shape index (κ3) is 3.70. The fourth-order valence-corrected chi connectivity index (χ4v) is 3.94. The number of benzene rings is 2. The summed E-state index contributed by atoms with van der Waals surface area (Å²) in [6, 6.07) is 16.1. The molecule has 1 heterocycles. The Morgan fingerprint density at radius 1 is 1.26 bits per heavy atom. The van der Waals surface area contributed by atoms with Crippen molar-refractivity contribution in [3.05, 3.63) is 59.7 Å². The van der Waals surface area contributed by atoms with Gasteiger partial charge >= 0.3 is 0 Å². The molecule has 2 atom stereocenters. The fraction of sp³-hybridized carbons (Fsp3) is 0.316. The van der Waals surface area contributed by atoms with Gasteiger partial charge in [0, 0.05) is 4.90 Å². The van der Waals surface area contributed by atoms with Crippen molar-refractivity contribution in [2.45, 2.75) is 36.5 Å². The zero-order chi connectivity index (χ0) is 16.2. The molecule has 120 valence electrons. The van der Waals surface area contributed by atoms with Crippen molar-refractivity contribution in [3.63, 3.8) is 0 Å². The number of amides is 1. The molecule has 4 heteroatoms. The van der Waals surface area contributed by atoms with E-state index in [9.17, 15) is 4.79 Å². The quantitative estimate of drug-likeness (QED) is 0.903. The smallest absolute Gasteiger partial charge is 0.234 e. The van der Waals surface area contributed by atoms with Gasteiger partial charge in [0.25, 0.3) is 0 Å². The van der Waals surface area contributed by atoms with Crippen molar-refractivity contribution < 1.29 is 9.53 Å². The average molecular weight is 327 g/mol. The molecular formula is C19H21NO2S. The molecule has 0 bridgehead atoms. The van der Waals surface area contributed by atoms with E-state index in [1.807, 2.05) is 50.2 Å². The molecule has 1 aliphatic rings. The second kappa shape index (κ2) is 7.09. The van der Waals surface area contributed by atoms with Crippen molar-refractivity contribution in [3.8, 4) is 5.75 Å². The summed E-state index contributed by atoms with van der Waals surface area (Å²) in [5.41, 5.74) is 2.36. The second-order valence-corrected chi connectivity index (χ2v) is 6.90. The Morgan fingerprint density at radius 2 is 2.00 bits per heavy atom. The number of hydrogen-bond donors (Lipinski definition) is 1. The topological polar surface area (TPSA) is 38.3 Å². The molecule has 23 heavy (non-hydrogen) atoms. The van der Waals surface area contributed by atoms with E-state index in [1.54, 1.807) is 11.8 Å². The fourth-order valence-electron chi connectivity index (χ4n) is 2.74. The molecule has 1 N–H and O–H groups in total. The van der Waals surface area contributed by atoms with Gasteiger partial charge in [-0.3, -0.25) is 4.79 Å². The first-order valence-corrected chi connectivity index (χ1v) is 8.83. The van der Waals surface area contributed by atoms with Crippen LogP contribution in [0.5, 0.6) is 5.75 Å². The van der Waals surface area contributed by atoms with Crippen LogP contribution in [0.25, 0.3) is 0 Å². The third-order valence-corrected chi connectivity index (χ3v) is 5.31. The molecule has 2 aromatic rings. The Labute approximate surface area is 141 Å². The molecule has 0 aliphatic carbocycles. The third-order valence-electron chi connectivity index (χ3n) is 3.99. The first-order valence-electron chi connectivity index (χ1n) is 7.95. The summed E-state index contributed by atoms with van der Waals surface area (Å²) in [4.78, 5) is 13.7. The van der Waals surface area contributed by atoms with Crippen molar-refractivity contribution in [1.29, 1.82) is 0 Å². The highest BCUT2D eigenvalue weighted by atomic mass is 32.2. The minimum atomic E-state index is -0.0300. The summed E-state index contributed by atoms with van der Waals surface area (Å²) >= 11 is 1.66. The minimum Gasteiger partial charge on any atom is -0.494 e. The highest BCUT2D eigenvalue weighted by Crippen LogP contribution is 2.37. The number of thioether (sulfide) groups is 1. The van der Waals surface area contributed by atoms with Gasteiger partial charge in [-0.05, 0) is 49.6 Å². The number of rotatable bonds is 5. The van der Waals surface area contributed by atoms with Crippen LogP contribution in [0, 0.1) is 0 Å². The van der Waals surface area contributed by atoms with Crippen LogP contribution in [0.3, 0.4) is 0 Å². The van der Waals surface area contributed by atoms with E-state index in [4.69, 9.17) is 4.74 Å². The summed E-state index contributed by atoms with van der Waals surface area (Å²) < 4.78 is 5.45. The highest BCUT2D eigenvalue weighted by Gasteiger charge is 2.28. The van der Waals surface area contributed by atoms with Crippen molar-refractivity contribution in [1.82, 2.24) is 5.32 Å². The Kier molecular flexibility index (Phi) is 4.91. The molecule has 0 aromatic heterocycles. The van der Waals surface area contributed by atoms with E-state index >= 15 is 0 Å². The molecule has 2 aromatic carbocycles. The maximum atomic E-state index is 12.5. The zero-order valence-corrected chi connectivity index (χ0v) is 14.2. The van der Waals surface area contributed by atoms with Crippen LogP contribution >= 0.6 is 11.8 Å². The van der Waals surface area contributed by atoms with Crippen LogP contribution in [0.4, 0.5) is 0 Å². The van der Waals surface area contributed by atoms with Gasteiger partial charge < -0.3 is 10.1 Å². The van der Waals surface area contributed by atoms with Gasteiger partial charge in [-0.15, -0.1) is 11.8 Å². The minimum absolute atomic E-state index is 0.0116. The Morgan fingerprint density at radius 3 is 2.70 bits per heavy atom. The number of hydrogen-bond acceptors (Lipinski definition) is 3. The van der Waals surface area contributed by atoms with Crippen LogP contribution in [-0.2, 0) is 11.2 Å². The van der Waals surface area contributed by atoms with Gasteiger partial charge in [-0.1, -0.05) is 30.3 Å².